The Hall–Kier alpha value is -2.43. The van der Waals surface area contributed by atoms with Crippen LogP contribution >= 0.6 is 0 Å². The fourth-order valence-electron chi connectivity index (χ4n) is 1.68. The molecule has 0 fully saturated rings. The number of halogens is 3. The van der Waals surface area contributed by atoms with Crippen LogP contribution in [0.1, 0.15) is 18.1 Å². The average Bonchev–Trinajstić information content (AvgIpc) is 2.39. The predicted octanol–water partition coefficient (Wildman–Crippen LogP) is 2.57. The number of nitrogens with zero attached hydrogens (tertiary/aromatic N) is 1. The Balaban J connectivity index is 3.30. The van der Waals surface area contributed by atoms with Gasteiger partial charge in [0.2, 0.25) is 0 Å². The monoisotopic (exact) mass is 303 g/mol. The lowest BCUT2D eigenvalue weighted by molar-refractivity contribution is -0.275. The van der Waals surface area contributed by atoms with Gasteiger partial charge in [-0.1, -0.05) is 0 Å². The molecule has 0 aliphatic heterocycles. The zero-order chi connectivity index (χ0) is 16.0. The Morgan fingerprint density at radius 2 is 2.05 bits per heavy atom. The fourth-order valence-corrected chi connectivity index (χ4v) is 1.68. The van der Waals surface area contributed by atoms with Crippen LogP contribution in [0.15, 0.2) is 12.1 Å². The van der Waals surface area contributed by atoms with Gasteiger partial charge in [0.25, 0.3) is 0 Å². The third-order valence-electron chi connectivity index (χ3n) is 2.39. The van der Waals surface area contributed by atoms with Crippen molar-refractivity contribution >= 4 is 5.97 Å². The van der Waals surface area contributed by atoms with Crippen LogP contribution in [0.5, 0.6) is 11.5 Å². The second kappa shape index (κ2) is 6.83. The first-order valence-corrected chi connectivity index (χ1v) is 5.83. The summed E-state index contributed by atoms with van der Waals surface area (Å²) in [4.78, 5) is 11.5. The van der Waals surface area contributed by atoms with Gasteiger partial charge in [0, 0.05) is 5.56 Å². The molecule has 0 saturated heterocycles. The van der Waals surface area contributed by atoms with Crippen molar-refractivity contribution < 1.29 is 32.2 Å². The number of esters is 1. The maximum absolute atomic E-state index is 12.4. The highest BCUT2D eigenvalue weighted by Crippen LogP contribution is 2.35. The quantitative estimate of drug-likeness (QED) is 0.782. The Labute approximate surface area is 118 Å². The van der Waals surface area contributed by atoms with Gasteiger partial charge in [0.05, 0.1) is 25.7 Å². The highest BCUT2D eigenvalue weighted by Gasteiger charge is 2.33. The molecule has 0 unspecified atom stereocenters. The number of ether oxygens (including phenoxy) is 3. The van der Waals surface area contributed by atoms with E-state index in [0.717, 1.165) is 12.1 Å². The Bertz CT molecular complexity index is 564. The number of hydrogen-bond acceptors (Lipinski definition) is 5. The largest absolute Gasteiger partial charge is 0.573 e. The first-order valence-electron chi connectivity index (χ1n) is 5.83. The van der Waals surface area contributed by atoms with Crippen molar-refractivity contribution in [1.29, 1.82) is 5.26 Å². The highest BCUT2D eigenvalue weighted by atomic mass is 19.4. The number of carbonyl (C=O) groups is 1. The number of carbonyl (C=O) groups excluding carboxylic acids is 1. The molecule has 21 heavy (non-hydrogen) atoms. The molecule has 114 valence electrons. The second-order valence-corrected chi connectivity index (χ2v) is 3.76. The molecule has 0 N–H and O–H groups in total. The summed E-state index contributed by atoms with van der Waals surface area (Å²) < 4.78 is 50.6. The third kappa shape index (κ3) is 4.56. The van der Waals surface area contributed by atoms with Crippen LogP contribution in [0.4, 0.5) is 13.2 Å². The summed E-state index contributed by atoms with van der Waals surface area (Å²) in [7, 11) is 1.18. The maximum atomic E-state index is 12.4. The van der Waals surface area contributed by atoms with Crippen molar-refractivity contribution in [3.63, 3.8) is 0 Å². The minimum atomic E-state index is -4.93. The van der Waals surface area contributed by atoms with Gasteiger partial charge in [-0.3, -0.25) is 4.79 Å². The van der Waals surface area contributed by atoms with Crippen LogP contribution < -0.4 is 9.47 Å². The van der Waals surface area contributed by atoms with E-state index in [1.165, 1.54) is 7.11 Å². The van der Waals surface area contributed by atoms with Crippen LogP contribution in [0, 0.1) is 11.3 Å². The molecule has 8 heteroatoms. The van der Waals surface area contributed by atoms with E-state index in [0.29, 0.717) is 0 Å². The van der Waals surface area contributed by atoms with Gasteiger partial charge >= 0.3 is 12.3 Å². The van der Waals surface area contributed by atoms with Gasteiger partial charge in [0.15, 0.2) is 0 Å². The summed E-state index contributed by atoms with van der Waals surface area (Å²) in [5.74, 6) is -1.50. The number of benzene rings is 1. The number of nitriles is 1. The molecular formula is C13H12F3NO4. The Kier molecular flexibility index (Phi) is 5.41. The molecule has 0 aliphatic carbocycles. The number of hydrogen-bond donors (Lipinski definition) is 0. The first kappa shape index (κ1) is 16.6. The Morgan fingerprint density at radius 3 is 2.52 bits per heavy atom. The van der Waals surface area contributed by atoms with E-state index >= 15 is 0 Å². The zero-order valence-electron chi connectivity index (χ0n) is 11.3. The summed E-state index contributed by atoms with van der Waals surface area (Å²) in [6, 6.07) is 3.85. The van der Waals surface area contributed by atoms with Crippen molar-refractivity contribution in [3.8, 4) is 17.6 Å². The molecule has 0 aliphatic rings. The topological polar surface area (TPSA) is 68.5 Å². The van der Waals surface area contributed by atoms with Crippen molar-refractivity contribution in [3.05, 3.63) is 23.3 Å². The summed E-state index contributed by atoms with van der Waals surface area (Å²) in [6.45, 7) is 1.64. The molecule has 0 heterocycles. The lowest BCUT2D eigenvalue weighted by atomic mass is 10.1. The van der Waals surface area contributed by atoms with E-state index < -0.39 is 24.5 Å². The minimum Gasteiger partial charge on any atom is -0.495 e. The molecule has 5 nitrogen and oxygen atoms in total. The van der Waals surface area contributed by atoms with Crippen LogP contribution in [-0.4, -0.2) is 26.0 Å². The molecule has 1 aromatic rings. The lowest BCUT2D eigenvalue weighted by Gasteiger charge is -2.16. The lowest BCUT2D eigenvalue weighted by Crippen LogP contribution is -2.19. The van der Waals surface area contributed by atoms with E-state index in [2.05, 4.69) is 9.47 Å². The van der Waals surface area contributed by atoms with Crippen LogP contribution in [0.3, 0.4) is 0 Å². The van der Waals surface area contributed by atoms with Gasteiger partial charge < -0.3 is 14.2 Å². The molecule has 0 saturated carbocycles. The molecule has 0 radical (unpaired) electrons. The minimum absolute atomic E-state index is 0.00803. The molecule has 1 aromatic carbocycles. The van der Waals surface area contributed by atoms with Crippen molar-refractivity contribution in [2.24, 2.45) is 0 Å². The van der Waals surface area contributed by atoms with Gasteiger partial charge in [-0.25, -0.2) is 0 Å². The van der Waals surface area contributed by atoms with E-state index in [4.69, 9.17) is 10.00 Å². The number of methoxy groups -OCH3 is 1. The fraction of sp³-hybridized carbons (Fsp3) is 0.385. The van der Waals surface area contributed by atoms with Gasteiger partial charge in [-0.15, -0.1) is 13.2 Å². The van der Waals surface area contributed by atoms with Crippen LogP contribution in [-0.2, 0) is 16.0 Å². The van der Waals surface area contributed by atoms with Gasteiger partial charge in [-0.2, -0.15) is 5.26 Å². The first-order chi connectivity index (χ1) is 9.82. The standard InChI is InChI=1S/C13H12F3NO4/c1-3-20-11(18)6-9-10(21-13(14,15)16)5-4-8(7-17)12(9)19-2/h4-5H,3,6H2,1-2H3. The SMILES string of the molecule is CCOC(=O)Cc1c(OC(F)(F)F)ccc(C#N)c1OC. The van der Waals surface area contributed by atoms with Crippen LogP contribution in [0.2, 0.25) is 0 Å². The smallest absolute Gasteiger partial charge is 0.495 e. The van der Waals surface area contributed by atoms with E-state index in [9.17, 15) is 18.0 Å². The summed E-state index contributed by atoms with van der Waals surface area (Å²) >= 11 is 0. The van der Waals surface area contributed by atoms with Gasteiger partial charge in [-0.05, 0) is 19.1 Å². The molecule has 0 atom stereocenters. The van der Waals surface area contributed by atoms with Crippen LogP contribution in [0.25, 0.3) is 0 Å². The van der Waals surface area contributed by atoms with Crippen molar-refractivity contribution in [2.45, 2.75) is 19.7 Å². The average molecular weight is 303 g/mol. The summed E-state index contributed by atoms with van der Waals surface area (Å²) in [5.41, 5.74) is -0.196. The van der Waals surface area contributed by atoms with E-state index in [1.807, 2.05) is 0 Å². The predicted molar refractivity (Wildman–Crippen MR) is 64.7 cm³/mol. The molecule has 0 spiro atoms. The van der Waals surface area contributed by atoms with Crippen molar-refractivity contribution in [2.75, 3.05) is 13.7 Å². The van der Waals surface area contributed by atoms with Crippen molar-refractivity contribution in [1.82, 2.24) is 0 Å². The zero-order valence-corrected chi connectivity index (χ0v) is 11.3. The molecule has 0 amide bonds. The summed E-state index contributed by atoms with van der Waals surface area (Å²) in [6.07, 6.45) is -5.43. The van der Waals surface area contributed by atoms with E-state index in [-0.39, 0.29) is 23.5 Å². The molecule has 0 aromatic heterocycles. The number of alkyl halides is 3. The number of rotatable bonds is 5. The van der Waals surface area contributed by atoms with E-state index in [1.54, 1.807) is 13.0 Å². The van der Waals surface area contributed by atoms with Gasteiger partial charge in [0.1, 0.15) is 17.6 Å². The normalized spacial score (nSPS) is 10.7. The Morgan fingerprint density at radius 1 is 1.38 bits per heavy atom. The molecule has 1 rings (SSSR count). The molecule has 0 bridgehead atoms. The highest BCUT2D eigenvalue weighted by molar-refractivity contribution is 5.75. The maximum Gasteiger partial charge on any atom is 0.573 e. The third-order valence-corrected chi connectivity index (χ3v) is 2.39. The molecular weight excluding hydrogens is 291 g/mol. The second-order valence-electron chi connectivity index (χ2n) is 3.76. The summed E-state index contributed by atoms with van der Waals surface area (Å²) in [5, 5.41) is 8.93.